The van der Waals surface area contributed by atoms with Gasteiger partial charge in [0.05, 0.1) is 19.0 Å². The maximum Gasteiger partial charge on any atom is 0.120 e. The molecule has 4 heteroatoms. The standard InChI is InChI=1S/C12H17N3O/c1-9-4-5-16-12(9)8-13-6-11-7-14-15(3)10(11)2/h4-5,7,13H,6,8H2,1-3H3. The molecular weight excluding hydrogens is 202 g/mol. The molecule has 0 aromatic carbocycles. The van der Waals surface area contributed by atoms with Crippen LogP contribution in [-0.4, -0.2) is 9.78 Å². The third-order valence-corrected chi connectivity index (χ3v) is 2.91. The van der Waals surface area contributed by atoms with Crippen LogP contribution < -0.4 is 5.32 Å². The van der Waals surface area contributed by atoms with Crippen molar-refractivity contribution in [2.75, 3.05) is 0 Å². The van der Waals surface area contributed by atoms with Gasteiger partial charge in [-0.25, -0.2) is 0 Å². The molecule has 4 nitrogen and oxygen atoms in total. The molecule has 0 aliphatic rings. The van der Waals surface area contributed by atoms with E-state index in [4.69, 9.17) is 4.42 Å². The van der Waals surface area contributed by atoms with Gasteiger partial charge in [-0.3, -0.25) is 4.68 Å². The fourth-order valence-corrected chi connectivity index (χ4v) is 1.61. The van der Waals surface area contributed by atoms with Crippen LogP contribution in [0.25, 0.3) is 0 Å². The third kappa shape index (κ3) is 2.17. The van der Waals surface area contributed by atoms with Crippen LogP contribution in [0.1, 0.15) is 22.6 Å². The smallest absolute Gasteiger partial charge is 0.120 e. The van der Waals surface area contributed by atoms with E-state index in [0.29, 0.717) is 0 Å². The normalized spacial score (nSPS) is 10.9. The van der Waals surface area contributed by atoms with Gasteiger partial charge in [0.1, 0.15) is 5.76 Å². The molecule has 0 saturated carbocycles. The molecule has 2 aromatic rings. The fraction of sp³-hybridized carbons (Fsp3) is 0.417. The molecule has 0 saturated heterocycles. The van der Waals surface area contributed by atoms with Crippen molar-refractivity contribution in [2.24, 2.45) is 7.05 Å². The predicted molar refractivity (Wildman–Crippen MR) is 61.9 cm³/mol. The maximum absolute atomic E-state index is 5.35. The Labute approximate surface area is 95.3 Å². The summed E-state index contributed by atoms with van der Waals surface area (Å²) in [5, 5.41) is 7.55. The van der Waals surface area contributed by atoms with E-state index >= 15 is 0 Å². The number of nitrogens with one attached hydrogen (secondary N) is 1. The molecule has 0 bridgehead atoms. The number of aromatic nitrogens is 2. The lowest BCUT2D eigenvalue weighted by Crippen LogP contribution is -2.13. The van der Waals surface area contributed by atoms with E-state index in [9.17, 15) is 0 Å². The second-order valence-electron chi connectivity index (χ2n) is 4.01. The van der Waals surface area contributed by atoms with E-state index < -0.39 is 0 Å². The average Bonchev–Trinajstić information content (AvgIpc) is 2.80. The molecule has 0 aliphatic heterocycles. The average molecular weight is 219 g/mol. The number of aryl methyl sites for hydroxylation is 2. The van der Waals surface area contributed by atoms with Gasteiger partial charge in [-0.05, 0) is 25.5 Å². The zero-order chi connectivity index (χ0) is 11.5. The molecule has 2 rings (SSSR count). The highest BCUT2D eigenvalue weighted by molar-refractivity contribution is 5.17. The Bertz CT molecular complexity index is 470. The molecule has 0 atom stereocenters. The Balaban J connectivity index is 1.89. The minimum Gasteiger partial charge on any atom is -0.468 e. The van der Waals surface area contributed by atoms with Gasteiger partial charge in [-0.1, -0.05) is 0 Å². The molecule has 0 amide bonds. The van der Waals surface area contributed by atoms with E-state index in [1.807, 2.05) is 24.0 Å². The summed E-state index contributed by atoms with van der Waals surface area (Å²) in [7, 11) is 1.95. The number of rotatable bonds is 4. The third-order valence-electron chi connectivity index (χ3n) is 2.91. The van der Waals surface area contributed by atoms with Gasteiger partial charge in [0.15, 0.2) is 0 Å². The first-order valence-electron chi connectivity index (χ1n) is 5.39. The number of hydrogen-bond donors (Lipinski definition) is 1. The second kappa shape index (κ2) is 4.53. The minimum atomic E-state index is 0.757. The Morgan fingerprint density at radius 3 is 2.75 bits per heavy atom. The summed E-state index contributed by atoms with van der Waals surface area (Å²) in [5.41, 5.74) is 3.62. The summed E-state index contributed by atoms with van der Waals surface area (Å²) in [6.45, 7) is 5.70. The first-order chi connectivity index (χ1) is 7.68. The molecule has 0 spiro atoms. The van der Waals surface area contributed by atoms with Crippen molar-refractivity contribution in [3.63, 3.8) is 0 Å². The summed E-state index contributed by atoms with van der Waals surface area (Å²) in [6.07, 6.45) is 3.62. The lowest BCUT2D eigenvalue weighted by Gasteiger charge is -2.03. The number of hydrogen-bond acceptors (Lipinski definition) is 3. The van der Waals surface area contributed by atoms with Crippen molar-refractivity contribution in [2.45, 2.75) is 26.9 Å². The monoisotopic (exact) mass is 219 g/mol. The summed E-state index contributed by atoms with van der Waals surface area (Å²) >= 11 is 0. The Hall–Kier alpha value is -1.55. The van der Waals surface area contributed by atoms with Crippen molar-refractivity contribution >= 4 is 0 Å². The van der Waals surface area contributed by atoms with Crippen LogP contribution in [0.3, 0.4) is 0 Å². The van der Waals surface area contributed by atoms with E-state index in [0.717, 1.165) is 18.8 Å². The largest absolute Gasteiger partial charge is 0.468 e. The highest BCUT2D eigenvalue weighted by Gasteiger charge is 2.04. The first kappa shape index (κ1) is 11.0. The molecule has 86 valence electrons. The van der Waals surface area contributed by atoms with Gasteiger partial charge in [-0.2, -0.15) is 5.10 Å². The summed E-state index contributed by atoms with van der Waals surface area (Å²) < 4.78 is 7.24. The van der Waals surface area contributed by atoms with Crippen LogP contribution in [0, 0.1) is 13.8 Å². The van der Waals surface area contributed by atoms with Gasteiger partial charge in [0.25, 0.3) is 0 Å². The topological polar surface area (TPSA) is 43.0 Å². The van der Waals surface area contributed by atoms with Crippen LogP contribution in [0.4, 0.5) is 0 Å². The van der Waals surface area contributed by atoms with Crippen LogP contribution in [-0.2, 0) is 20.1 Å². The van der Waals surface area contributed by atoms with Crippen molar-refractivity contribution < 1.29 is 4.42 Å². The lowest BCUT2D eigenvalue weighted by atomic mass is 10.2. The molecule has 1 N–H and O–H groups in total. The quantitative estimate of drug-likeness (QED) is 0.854. The van der Waals surface area contributed by atoms with Crippen molar-refractivity contribution in [1.82, 2.24) is 15.1 Å². The Morgan fingerprint density at radius 2 is 2.19 bits per heavy atom. The molecule has 0 radical (unpaired) electrons. The molecule has 2 aromatic heterocycles. The maximum atomic E-state index is 5.35. The van der Waals surface area contributed by atoms with Crippen LogP contribution in [0.15, 0.2) is 22.9 Å². The zero-order valence-electron chi connectivity index (χ0n) is 9.95. The van der Waals surface area contributed by atoms with Crippen LogP contribution >= 0.6 is 0 Å². The van der Waals surface area contributed by atoms with E-state index in [2.05, 4.69) is 24.3 Å². The van der Waals surface area contributed by atoms with Gasteiger partial charge < -0.3 is 9.73 Å². The van der Waals surface area contributed by atoms with Crippen molar-refractivity contribution in [1.29, 1.82) is 0 Å². The van der Waals surface area contributed by atoms with E-state index in [1.54, 1.807) is 6.26 Å². The van der Waals surface area contributed by atoms with Crippen LogP contribution in [0.2, 0.25) is 0 Å². The molecule has 2 heterocycles. The van der Waals surface area contributed by atoms with Crippen LogP contribution in [0.5, 0.6) is 0 Å². The number of nitrogens with zero attached hydrogens (tertiary/aromatic N) is 2. The minimum absolute atomic E-state index is 0.757. The Morgan fingerprint density at radius 1 is 1.38 bits per heavy atom. The molecule has 0 fully saturated rings. The van der Waals surface area contributed by atoms with Crippen molar-refractivity contribution in [3.05, 3.63) is 41.1 Å². The van der Waals surface area contributed by atoms with Gasteiger partial charge in [0, 0.05) is 24.8 Å². The molecule has 0 unspecified atom stereocenters. The van der Waals surface area contributed by atoms with E-state index in [-0.39, 0.29) is 0 Å². The van der Waals surface area contributed by atoms with Crippen molar-refractivity contribution in [3.8, 4) is 0 Å². The summed E-state index contributed by atoms with van der Waals surface area (Å²) in [6, 6.07) is 1.98. The molecule has 16 heavy (non-hydrogen) atoms. The Kier molecular flexibility index (Phi) is 3.10. The summed E-state index contributed by atoms with van der Waals surface area (Å²) in [4.78, 5) is 0. The molecule has 0 aliphatic carbocycles. The van der Waals surface area contributed by atoms with Gasteiger partial charge in [0.2, 0.25) is 0 Å². The van der Waals surface area contributed by atoms with Gasteiger partial charge in [-0.15, -0.1) is 0 Å². The van der Waals surface area contributed by atoms with E-state index in [1.165, 1.54) is 16.8 Å². The number of furan rings is 1. The lowest BCUT2D eigenvalue weighted by molar-refractivity contribution is 0.480. The summed E-state index contributed by atoms with van der Waals surface area (Å²) in [5.74, 6) is 1.00. The van der Waals surface area contributed by atoms with Gasteiger partial charge >= 0.3 is 0 Å². The SMILES string of the molecule is Cc1ccoc1CNCc1cnn(C)c1C. The highest BCUT2D eigenvalue weighted by Crippen LogP contribution is 2.09. The second-order valence-corrected chi connectivity index (χ2v) is 4.01. The fourth-order valence-electron chi connectivity index (χ4n) is 1.61. The first-order valence-corrected chi connectivity index (χ1v) is 5.39. The highest BCUT2D eigenvalue weighted by atomic mass is 16.3. The zero-order valence-corrected chi connectivity index (χ0v) is 9.95. The predicted octanol–water partition coefficient (Wildman–Crippen LogP) is 1.92. The molecular formula is C12H17N3O.